The normalized spacial score (nSPS) is 18.4. The summed E-state index contributed by atoms with van der Waals surface area (Å²) in [5, 5.41) is 9.76. The number of amides is 1. The van der Waals surface area contributed by atoms with Crippen molar-refractivity contribution in [3.05, 3.63) is 16.4 Å². The van der Waals surface area contributed by atoms with E-state index in [2.05, 4.69) is 30.7 Å². The zero-order valence-electron chi connectivity index (χ0n) is 13.0. The SMILES string of the molecule is CN(C)c1nc(Cl)c2c(n1)CN(C(=O)O)CC2C(C)(C)C. The van der Waals surface area contributed by atoms with Gasteiger partial charge in [-0.15, -0.1) is 0 Å². The van der Waals surface area contributed by atoms with Crippen molar-refractivity contribution >= 4 is 23.6 Å². The summed E-state index contributed by atoms with van der Waals surface area (Å²) in [4.78, 5) is 23.4. The molecule has 0 aliphatic carbocycles. The van der Waals surface area contributed by atoms with E-state index in [1.807, 2.05) is 14.1 Å². The van der Waals surface area contributed by atoms with Gasteiger partial charge in [0.05, 0.1) is 12.2 Å². The van der Waals surface area contributed by atoms with Crippen LogP contribution < -0.4 is 4.90 Å². The molecular formula is C14H21ClN4O2. The Morgan fingerprint density at radius 3 is 2.48 bits per heavy atom. The van der Waals surface area contributed by atoms with E-state index < -0.39 is 6.09 Å². The number of carboxylic acid groups (broad SMARTS) is 1. The van der Waals surface area contributed by atoms with Crippen LogP contribution in [0, 0.1) is 5.41 Å². The molecule has 2 heterocycles. The van der Waals surface area contributed by atoms with Gasteiger partial charge in [-0.1, -0.05) is 32.4 Å². The fourth-order valence-electron chi connectivity index (χ4n) is 2.55. The average Bonchev–Trinajstić information content (AvgIpc) is 2.35. The summed E-state index contributed by atoms with van der Waals surface area (Å²) in [5.41, 5.74) is 1.45. The van der Waals surface area contributed by atoms with Crippen molar-refractivity contribution in [1.29, 1.82) is 0 Å². The maximum absolute atomic E-state index is 11.4. The molecular weight excluding hydrogens is 292 g/mol. The number of hydrogen-bond acceptors (Lipinski definition) is 4. The van der Waals surface area contributed by atoms with Crippen LogP contribution in [0.15, 0.2) is 0 Å². The van der Waals surface area contributed by atoms with Gasteiger partial charge in [-0.3, -0.25) is 0 Å². The first kappa shape index (κ1) is 15.8. The van der Waals surface area contributed by atoms with Gasteiger partial charge in [0, 0.05) is 32.1 Å². The van der Waals surface area contributed by atoms with Crippen molar-refractivity contribution in [2.75, 3.05) is 25.5 Å². The van der Waals surface area contributed by atoms with Gasteiger partial charge in [-0.25, -0.2) is 14.8 Å². The van der Waals surface area contributed by atoms with Gasteiger partial charge in [0.25, 0.3) is 0 Å². The Kier molecular flexibility index (Phi) is 4.02. The smallest absolute Gasteiger partial charge is 0.407 e. The molecule has 1 aromatic heterocycles. The highest BCUT2D eigenvalue weighted by Gasteiger charge is 2.38. The Morgan fingerprint density at radius 2 is 2.00 bits per heavy atom. The number of carbonyl (C=O) groups is 1. The van der Waals surface area contributed by atoms with Crippen LogP contribution in [-0.4, -0.2) is 46.7 Å². The highest BCUT2D eigenvalue weighted by molar-refractivity contribution is 6.30. The molecule has 7 heteroatoms. The molecule has 0 fully saturated rings. The lowest BCUT2D eigenvalue weighted by Gasteiger charge is -2.39. The second-order valence-corrected chi connectivity index (χ2v) is 7.01. The first-order chi connectivity index (χ1) is 9.61. The Morgan fingerprint density at radius 1 is 1.38 bits per heavy atom. The summed E-state index contributed by atoms with van der Waals surface area (Å²) in [6.45, 7) is 6.88. The number of anilines is 1. The predicted molar refractivity (Wildman–Crippen MR) is 82.0 cm³/mol. The van der Waals surface area contributed by atoms with E-state index in [1.54, 1.807) is 4.90 Å². The Bertz CT molecular complexity index is 569. The molecule has 6 nitrogen and oxygen atoms in total. The Labute approximate surface area is 129 Å². The molecule has 116 valence electrons. The van der Waals surface area contributed by atoms with E-state index >= 15 is 0 Å². The molecule has 1 unspecified atom stereocenters. The maximum Gasteiger partial charge on any atom is 0.407 e. The highest BCUT2D eigenvalue weighted by atomic mass is 35.5. The number of hydrogen-bond donors (Lipinski definition) is 1. The minimum Gasteiger partial charge on any atom is -0.465 e. The lowest BCUT2D eigenvalue weighted by atomic mass is 9.74. The topological polar surface area (TPSA) is 69.6 Å². The van der Waals surface area contributed by atoms with E-state index in [9.17, 15) is 9.90 Å². The van der Waals surface area contributed by atoms with Gasteiger partial charge in [-0.05, 0) is 5.41 Å². The first-order valence-corrected chi connectivity index (χ1v) is 7.20. The van der Waals surface area contributed by atoms with Gasteiger partial charge in [-0.2, -0.15) is 0 Å². The molecule has 0 saturated heterocycles. The van der Waals surface area contributed by atoms with Crippen molar-refractivity contribution in [2.45, 2.75) is 33.2 Å². The number of halogens is 1. The molecule has 0 saturated carbocycles. The summed E-state index contributed by atoms with van der Waals surface area (Å²) < 4.78 is 0. The average molecular weight is 313 g/mol. The molecule has 1 N–H and O–H groups in total. The van der Waals surface area contributed by atoms with Gasteiger partial charge >= 0.3 is 6.09 Å². The van der Waals surface area contributed by atoms with E-state index in [4.69, 9.17) is 11.6 Å². The maximum atomic E-state index is 11.4. The fourth-order valence-corrected chi connectivity index (χ4v) is 2.86. The molecule has 1 aliphatic rings. The van der Waals surface area contributed by atoms with Crippen LogP contribution in [0.4, 0.5) is 10.7 Å². The minimum absolute atomic E-state index is 0.0268. The van der Waals surface area contributed by atoms with E-state index in [0.29, 0.717) is 23.3 Å². The number of rotatable bonds is 1. The van der Waals surface area contributed by atoms with Gasteiger partial charge < -0.3 is 14.9 Å². The van der Waals surface area contributed by atoms with Gasteiger partial charge in [0.1, 0.15) is 5.15 Å². The summed E-state index contributed by atoms with van der Waals surface area (Å²) in [6.07, 6.45) is -0.934. The van der Waals surface area contributed by atoms with Crippen molar-refractivity contribution in [1.82, 2.24) is 14.9 Å². The summed E-state index contributed by atoms with van der Waals surface area (Å²) in [7, 11) is 3.66. The number of fused-ring (bicyclic) bond motifs is 1. The van der Waals surface area contributed by atoms with E-state index in [0.717, 1.165) is 5.56 Å². The molecule has 0 aromatic carbocycles. The van der Waals surface area contributed by atoms with Crippen molar-refractivity contribution in [3.8, 4) is 0 Å². The van der Waals surface area contributed by atoms with Gasteiger partial charge in [0.15, 0.2) is 0 Å². The molecule has 1 aliphatic heterocycles. The number of nitrogens with zero attached hydrogens (tertiary/aromatic N) is 4. The van der Waals surface area contributed by atoms with Crippen LogP contribution in [-0.2, 0) is 6.54 Å². The molecule has 21 heavy (non-hydrogen) atoms. The van der Waals surface area contributed by atoms with Crippen molar-refractivity contribution < 1.29 is 9.90 Å². The minimum atomic E-state index is -0.934. The predicted octanol–water partition coefficient (Wildman–Crippen LogP) is 2.82. The van der Waals surface area contributed by atoms with E-state index in [1.165, 1.54) is 4.90 Å². The molecule has 1 amide bonds. The second kappa shape index (κ2) is 5.33. The zero-order valence-corrected chi connectivity index (χ0v) is 13.8. The van der Waals surface area contributed by atoms with Crippen LogP contribution in [0.3, 0.4) is 0 Å². The number of aromatic nitrogens is 2. The lowest BCUT2D eigenvalue weighted by Crippen LogP contribution is -2.42. The Balaban J connectivity index is 2.58. The zero-order chi connectivity index (χ0) is 15.9. The molecule has 0 bridgehead atoms. The highest BCUT2D eigenvalue weighted by Crippen LogP contribution is 2.43. The first-order valence-electron chi connectivity index (χ1n) is 6.82. The van der Waals surface area contributed by atoms with Crippen molar-refractivity contribution in [2.24, 2.45) is 5.41 Å². The third-order valence-corrected chi connectivity index (χ3v) is 4.06. The summed E-state index contributed by atoms with van der Waals surface area (Å²) >= 11 is 6.38. The molecule has 1 atom stereocenters. The summed E-state index contributed by atoms with van der Waals surface area (Å²) in [5.74, 6) is 0.472. The molecule has 2 rings (SSSR count). The Hall–Kier alpha value is -1.56. The fraction of sp³-hybridized carbons (Fsp3) is 0.643. The second-order valence-electron chi connectivity index (χ2n) is 6.65. The largest absolute Gasteiger partial charge is 0.465 e. The van der Waals surface area contributed by atoms with Crippen LogP contribution >= 0.6 is 11.6 Å². The van der Waals surface area contributed by atoms with E-state index in [-0.39, 0.29) is 17.9 Å². The van der Waals surface area contributed by atoms with Crippen LogP contribution in [0.2, 0.25) is 5.15 Å². The van der Waals surface area contributed by atoms with Crippen LogP contribution in [0.25, 0.3) is 0 Å². The quantitative estimate of drug-likeness (QED) is 0.807. The summed E-state index contributed by atoms with van der Waals surface area (Å²) in [6, 6.07) is 0. The molecule has 1 aromatic rings. The third-order valence-electron chi connectivity index (χ3n) is 3.77. The lowest BCUT2D eigenvalue weighted by molar-refractivity contribution is 0.120. The van der Waals surface area contributed by atoms with Crippen LogP contribution in [0.1, 0.15) is 37.9 Å². The van der Waals surface area contributed by atoms with Crippen LogP contribution in [0.5, 0.6) is 0 Å². The third kappa shape index (κ3) is 3.05. The van der Waals surface area contributed by atoms with Gasteiger partial charge in [0.2, 0.25) is 5.95 Å². The van der Waals surface area contributed by atoms with Crippen molar-refractivity contribution in [3.63, 3.8) is 0 Å². The monoisotopic (exact) mass is 312 g/mol. The molecule has 0 spiro atoms. The standard InChI is InChI=1S/C14H21ClN4O2/c1-14(2,3)8-6-19(13(20)21)7-9-10(8)11(15)17-12(16-9)18(4)5/h8H,6-7H2,1-5H3,(H,20,21). The molecule has 0 radical (unpaired) electrons.